The monoisotopic (exact) mass is 247 g/mol. The van der Waals surface area contributed by atoms with Crippen LogP contribution in [0, 0.1) is 0 Å². The third kappa shape index (κ3) is 2.03. The van der Waals surface area contributed by atoms with Crippen LogP contribution in [0.3, 0.4) is 0 Å². The van der Waals surface area contributed by atoms with Crippen LogP contribution in [0.5, 0.6) is 0 Å². The summed E-state index contributed by atoms with van der Waals surface area (Å²) in [6.07, 6.45) is -2.63. The molecule has 0 unspecified atom stereocenters. The van der Waals surface area contributed by atoms with Gasteiger partial charge in [0.15, 0.2) is 0 Å². The van der Waals surface area contributed by atoms with Crippen LogP contribution >= 0.6 is 23.2 Å². The van der Waals surface area contributed by atoms with E-state index in [-0.39, 0.29) is 10.7 Å². The van der Waals surface area contributed by atoms with Crippen molar-refractivity contribution in [3.63, 3.8) is 0 Å². The molecule has 0 saturated carbocycles. The third-order valence-corrected chi connectivity index (χ3v) is 2.51. The zero-order valence-electron chi connectivity index (χ0n) is 7.35. The summed E-state index contributed by atoms with van der Waals surface area (Å²) in [7, 11) is 0. The SMILES string of the molecule is FC(F)c1cc(Cl)c2ccc(Cl)cc2n1. The van der Waals surface area contributed by atoms with E-state index in [0.29, 0.717) is 15.9 Å². The molecule has 0 saturated heterocycles. The number of rotatable bonds is 1. The Kier molecular flexibility index (Phi) is 2.76. The van der Waals surface area contributed by atoms with Crippen LogP contribution in [-0.4, -0.2) is 4.98 Å². The van der Waals surface area contributed by atoms with Gasteiger partial charge < -0.3 is 0 Å². The Labute approximate surface area is 94.6 Å². The second kappa shape index (κ2) is 3.91. The Balaban J connectivity index is 2.74. The minimum absolute atomic E-state index is 0.256. The van der Waals surface area contributed by atoms with Crippen LogP contribution in [0.15, 0.2) is 24.3 Å². The van der Waals surface area contributed by atoms with Gasteiger partial charge >= 0.3 is 0 Å². The highest BCUT2D eigenvalue weighted by atomic mass is 35.5. The van der Waals surface area contributed by atoms with Crippen molar-refractivity contribution in [2.45, 2.75) is 6.43 Å². The van der Waals surface area contributed by atoms with Crippen LogP contribution in [0.2, 0.25) is 10.0 Å². The first kappa shape index (κ1) is 10.6. The molecule has 0 aliphatic rings. The summed E-state index contributed by atoms with van der Waals surface area (Å²) < 4.78 is 24.8. The first-order chi connectivity index (χ1) is 7.08. The van der Waals surface area contributed by atoms with E-state index in [2.05, 4.69) is 4.98 Å². The number of benzene rings is 1. The maximum absolute atomic E-state index is 12.4. The van der Waals surface area contributed by atoms with E-state index in [1.165, 1.54) is 12.1 Å². The number of fused-ring (bicyclic) bond motifs is 1. The van der Waals surface area contributed by atoms with Crippen molar-refractivity contribution in [2.75, 3.05) is 0 Å². The number of alkyl halides is 2. The predicted octanol–water partition coefficient (Wildman–Crippen LogP) is 4.48. The Morgan fingerprint density at radius 1 is 1.13 bits per heavy atom. The quantitative estimate of drug-likeness (QED) is 0.724. The summed E-state index contributed by atoms with van der Waals surface area (Å²) in [6, 6.07) is 5.97. The highest BCUT2D eigenvalue weighted by molar-refractivity contribution is 6.36. The van der Waals surface area contributed by atoms with E-state index in [0.717, 1.165) is 0 Å². The van der Waals surface area contributed by atoms with Gasteiger partial charge in [0.05, 0.1) is 10.5 Å². The van der Waals surface area contributed by atoms with Gasteiger partial charge in [-0.2, -0.15) is 0 Å². The molecule has 0 aliphatic heterocycles. The largest absolute Gasteiger partial charge is 0.280 e. The van der Waals surface area contributed by atoms with Crippen molar-refractivity contribution >= 4 is 34.1 Å². The van der Waals surface area contributed by atoms with E-state index in [1.54, 1.807) is 12.1 Å². The van der Waals surface area contributed by atoms with Crippen LogP contribution in [0.4, 0.5) is 8.78 Å². The molecular weight excluding hydrogens is 243 g/mol. The minimum Gasteiger partial charge on any atom is -0.247 e. The summed E-state index contributed by atoms with van der Waals surface area (Å²) >= 11 is 11.6. The number of nitrogens with zero attached hydrogens (tertiary/aromatic N) is 1. The molecule has 78 valence electrons. The number of hydrogen-bond acceptors (Lipinski definition) is 1. The zero-order valence-corrected chi connectivity index (χ0v) is 8.86. The topological polar surface area (TPSA) is 12.9 Å². The lowest BCUT2D eigenvalue weighted by Gasteiger charge is -2.04. The number of pyridine rings is 1. The third-order valence-electron chi connectivity index (χ3n) is 1.96. The number of halogens is 4. The average Bonchev–Trinajstić information content (AvgIpc) is 2.16. The van der Waals surface area contributed by atoms with Gasteiger partial charge in [0, 0.05) is 10.4 Å². The summed E-state index contributed by atoms with van der Waals surface area (Å²) in [4.78, 5) is 3.78. The normalized spacial score (nSPS) is 11.3. The van der Waals surface area contributed by atoms with Gasteiger partial charge in [0.1, 0.15) is 5.69 Å². The molecule has 1 nitrogen and oxygen atoms in total. The highest BCUT2D eigenvalue weighted by Crippen LogP contribution is 2.28. The van der Waals surface area contributed by atoms with E-state index < -0.39 is 6.43 Å². The van der Waals surface area contributed by atoms with Crippen molar-refractivity contribution in [3.05, 3.63) is 40.0 Å². The Morgan fingerprint density at radius 3 is 2.53 bits per heavy atom. The van der Waals surface area contributed by atoms with Gasteiger partial charge in [-0.15, -0.1) is 0 Å². The van der Waals surface area contributed by atoms with Crippen LogP contribution < -0.4 is 0 Å². The number of aromatic nitrogens is 1. The molecule has 0 atom stereocenters. The molecule has 15 heavy (non-hydrogen) atoms. The minimum atomic E-state index is -2.63. The van der Waals surface area contributed by atoms with E-state index in [1.807, 2.05) is 0 Å². The fraction of sp³-hybridized carbons (Fsp3) is 0.100. The first-order valence-electron chi connectivity index (χ1n) is 4.12. The van der Waals surface area contributed by atoms with E-state index >= 15 is 0 Å². The summed E-state index contributed by atoms with van der Waals surface area (Å²) in [5, 5.41) is 1.31. The average molecular weight is 248 g/mol. The van der Waals surface area contributed by atoms with Gasteiger partial charge in [-0.25, -0.2) is 13.8 Å². The van der Waals surface area contributed by atoms with Crippen LogP contribution in [0.25, 0.3) is 10.9 Å². The fourth-order valence-electron chi connectivity index (χ4n) is 1.29. The molecule has 0 N–H and O–H groups in total. The second-order valence-corrected chi connectivity index (χ2v) is 3.83. The maximum atomic E-state index is 12.4. The summed E-state index contributed by atoms with van der Waals surface area (Å²) in [6.45, 7) is 0. The molecule has 0 aliphatic carbocycles. The highest BCUT2D eigenvalue weighted by Gasteiger charge is 2.12. The van der Waals surface area contributed by atoms with Gasteiger partial charge in [0.25, 0.3) is 6.43 Å². The standard InChI is InChI=1S/C10H5Cl2F2N/c11-5-1-2-6-7(12)4-9(10(13)14)15-8(6)3-5/h1-4,10H. The lowest BCUT2D eigenvalue weighted by molar-refractivity contribution is 0.146. The van der Waals surface area contributed by atoms with Crippen LogP contribution in [0.1, 0.15) is 12.1 Å². The lowest BCUT2D eigenvalue weighted by Crippen LogP contribution is -1.91. The van der Waals surface area contributed by atoms with Crippen molar-refractivity contribution in [1.29, 1.82) is 0 Å². The van der Waals surface area contributed by atoms with Crippen molar-refractivity contribution in [3.8, 4) is 0 Å². The molecule has 0 spiro atoms. The zero-order chi connectivity index (χ0) is 11.0. The number of hydrogen-bond donors (Lipinski definition) is 0. The molecule has 1 aromatic carbocycles. The Bertz CT molecular complexity index is 514. The Morgan fingerprint density at radius 2 is 1.87 bits per heavy atom. The first-order valence-corrected chi connectivity index (χ1v) is 4.87. The van der Waals surface area contributed by atoms with Crippen molar-refractivity contribution in [1.82, 2.24) is 4.98 Å². The molecule has 2 rings (SSSR count). The molecule has 1 heterocycles. The van der Waals surface area contributed by atoms with Crippen molar-refractivity contribution < 1.29 is 8.78 Å². The van der Waals surface area contributed by atoms with Gasteiger partial charge in [0.2, 0.25) is 0 Å². The molecule has 5 heteroatoms. The molecule has 1 aromatic heterocycles. The van der Waals surface area contributed by atoms with E-state index in [4.69, 9.17) is 23.2 Å². The van der Waals surface area contributed by atoms with Gasteiger partial charge in [-0.3, -0.25) is 0 Å². The van der Waals surface area contributed by atoms with Gasteiger partial charge in [-0.1, -0.05) is 23.2 Å². The Hall–Kier alpha value is -0.930. The van der Waals surface area contributed by atoms with Crippen LogP contribution in [-0.2, 0) is 0 Å². The van der Waals surface area contributed by atoms with Gasteiger partial charge in [-0.05, 0) is 24.3 Å². The van der Waals surface area contributed by atoms with Crippen molar-refractivity contribution in [2.24, 2.45) is 0 Å². The maximum Gasteiger partial charge on any atom is 0.280 e. The summed E-state index contributed by atoms with van der Waals surface area (Å²) in [5.41, 5.74) is 0.0417. The predicted molar refractivity (Wildman–Crippen MR) is 56.7 cm³/mol. The second-order valence-electron chi connectivity index (χ2n) is 2.99. The summed E-state index contributed by atoms with van der Waals surface area (Å²) in [5.74, 6) is 0. The molecule has 0 fully saturated rings. The van der Waals surface area contributed by atoms with E-state index in [9.17, 15) is 8.78 Å². The molecule has 0 radical (unpaired) electrons. The smallest absolute Gasteiger partial charge is 0.247 e. The molecule has 2 aromatic rings. The molecule has 0 amide bonds. The molecule has 0 bridgehead atoms. The molecular formula is C10H5Cl2F2N. The lowest BCUT2D eigenvalue weighted by atomic mass is 10.2. The fourth-order valence-corrected chi connectivity index (χ4v) is 1.73.